The van der Waals surface area contributed by atoms with Gasteiger partial charge in [0.25, 0.3) is 0 Å². The molecule has 0 atom stereocenters. The van der Waals surface area contributed by atoms with Crippen LogP contribution in [-0.2, 0) is 9.53 Å². The van der Waals surface area contributed by atoms with Gasteiger partial charge in [-0.15, -0.1) is 0 Å². The van der Waals surface area contributed by atoms with Gasteiger partial charge in [-0.25, -0.2) is 0 Å². The molecule has 134 valence electrons. The molecule has 23 heavy (non-hydrogen) atoms. The quantitative estimate of drug-likeness (QED) is 0.281. The molecule has 0 aliphatic heterocycles. The second-order valence-electron chi connectivity index (χ2n) is 5.57. The van der Waals surface area contributed by atoms with E-state index in [-0.39, 0.29) is 6.42 Å². The summed E-state index contributed by atoms with van der Waals surface area (Å²) in [6.45, 7) is 3.70. The van der Waals surface area contributed by atoms with Crippen molar-refractivity contribution in [1.82, 2.24) is 0 Å². The van der Waals surface area contributed by atoms with Crippen molar-refractivity contribution >= 4 is 17.7 Å². The third kappa shape index (κ3) is 21.3. The van der Waals surface area contributed by atoms with Gasteiger partial charge in [0.1, 0.15) is 0 Å². The Hall–Kier alpha value is -0.740. The van der Waals surface area contributed by atoms with Gasteiger partial charge in [0, 0.05) is 12.4 Å². The topological polar surface area (TPSA) is 46.5 Å². The molecule has 3 nitrogen and oxygen atoms in total. The number of rotatable bonds is 17. The molecule has 0 aromatic rings. The first kappa shape index (κ1) is 22.3. The van der Waals surface area contributed by atoms with Gasteiger partial charge in [-0.2, -0.15) is 11.8 Å². The van der Waals surface area contributed by atoms with Crippen molar-refractivity contribution in [2.24, 2.45) is 0 Å². The van der Waals surface area contributed by atoms with E-state index in [2.05, 4.69) is 31.2 Å². The second kappa shape index (κ2) is 19.3. The van der Waals surface area contributed by atoms with Crippen LogP contribution in [0.15, 0.2) is 24.3 Å². The van der Waals surface area contributed by atoms with E-state index in [0.29, 0.717) is 0 Å². The molecule has 0 rings (SSSR count). The fraction of sp³-hybridized carbons (Fsp3) is 0.737. The molecule has 0 aliphatic rings. The number of hydrogen-bond donors (Lipinski definition) is 1. The smallest absolute Gasteiger partial charge is 0.304 e. The normalized spacial score (nSPS) is 11.7. The lowest BCUT2D eigenvalue weighted by atomic mass is 10.1. The molecule has 0 saturated carbocycles. The number of carboxylic acid groups (broad SMARTS) is 1. The largest absolute Gasteiger partial charge is 0.481 e. The summed E-state index contributed by atoms with van der Waals surface area (Å²) >= 11 is 1.76. The highest BCUT2D eigenvalue weighted by molar-refractivity contribution is 7.99. The minimum absolute atomic E-state index is 0.290. The highest BCUT2D eigenvalue weighted by atomic mass is 32.2. The monoisotopic (exact) mass is 342 g/mol. The molecular formula is C19H34O3S. The summed E-state index contributed by atoms with van der Waals surface area (Å²) in [7, 11) is 0. The second-order valence-corrected chi connectivity index (χ2v) is 6.79. The first-order chi connectivity index (χ1) is 11.3. The van der Waals surface area contributed by atoms with Gasteiger partial charge in [0.2, 0.25) is 0 Å². The molecule has 0 unspecified atom stereocenters. The molecule has 0 aromatic heterocycles. The summed E-state index contributed by atoms with van der Waals surface area (Å²) in [4.78, 5) is 10.3. The van der Waals surface area contributed by atoms with Crippen LogP contribution in [0.2, 0.25) is 0 Å². The Morgan fingerprint density at radius 3 is 2.52 bits per heavy atom. The Kier molecular flexibility index (Phi) is 18.7. The van der Waals surface area contributed by atoms with Gasteiger partial charge in [-0.1, -0.05) is 50.5 Å². The van der Waals surface area contributed by atoms with Crippen LogP contribution in [0.5, 0.6) is 0 Å². The minimum atomic E-state index is -0.689. The van der Waals surface area contributed by atoms with E-state index in [1.807, 2.05) is 0 Å². The van der Waals surface area contributed by atoms with Gasteiger partial charge in [-0.05, 0) is 37.9 Å². The molecule has 0 saturated heterocycles. The Bertz CT molecular complexity index is 314. The number of hydrogen-bond acceptors (Lipinski definition) is 3. The van der Waals surface area contributed by atoms with Crippen molar-refractivity contribution in [2.75, 3.05) is 24.7 Å². The molecule has 0 bridgehead atoms. The summed E-state index contributed by atoms with van der Waals surface area (Å²) in [6.07, 6.45) is 18.6. The van der Waals surface area contributed by atoms with Gasteiger partial charge >= 0.3 is 5.97 Å². The summed E-state index contributed by atoms with van der Waals surface area (Å²) in [6, 6.07) is 0. The SMILES string of the molecule is CCCOCC=CCC=CCCCCCCCSCCC(=O)O. The molecule has 4 heteroatoms. The number of allylic oxidation sites excluding steroid dienone is 3. The minimum Gasteiger partial charge on any atom is -0.481 e. The van der Waals surface area contributed by atoms with Crippen molar-refractivity contribution in [1.29, 1.82) is 0 Å². The Balaban J connectivity index is 3.14. The molecule has 0 aliphatic carbocycles. The molecule has 0 heterocycles. The van der Waals surface area contributed by atoms with Crippen molar-refractivity contribution in [2.45, 2.75) is 64.7 Å². The number of carbonyl (C=O) groups is 1. The van der Waals surface area contributed by atoms with E-state index < -0.39 is 5.97 Å². The summed E-state index contributed by atoms with van der Waals surface area (Å²) in [5.41, 5.74) is 0. The summed E-state index contributed by atoms with van der Waals surface area (Å²) < 4.78 is 5.37. The molecular weight excluding hydrogens is 308 g/mol. The molecule has 0 fully saturated rings. The van der Waals surface area contributed by atoms with Crippen molar-refractivity contribution in [3.63, 3.8) is 0 Å². The van der Waals surface area contributed by atoms with Crippen LogP contribution in [0.25, 0.3) is 0 Å². The average molecular weight is 343 g/mol. The van der Waals surface area contributed by atoms with Gasteiger partial charge in [-0.3, -0.25) is 4.79 Å². The summed E-state index contributed by atoms with van der Waals surface area (Å²) in [5, 5.41) is 8.52. The Morgan fingerprint density at radius 1 is 1.00 bits per heavy atom. The van der Waals surface area contributed by atoms with Crippen LogP contribution in [0, 0.1) is 0 Å². The fourth-order valence-electron chi connectivity index (χ4n) is 2.01. The van der Waals surface area contributed by atoms with Gasteiger partial charge in [0.05, 0.1) is 13.0 Å². The zero-order valence-electron chi connectivity index (χ0n) is 14.7. The fourth-order valence-corrected chi connectivity index (χ4v) is 2.94. The zero-order chi connectivity index (χ0) is 17.0. The molecule has 0 amide bonds. The van der Waals surface area contributed by atoms with Crippen LogP contribution < -0.4 is 0 Å². The van der Waals surface area contributed by atoms with E-state index in [1.54, 1.807) is 11.8 Å². The Morgan fingerprint density at radius 2 is 1.74 bits per heavy atom. The molecule has 0 aromatic carbocycles. The standard InChI is InChI=1S/C19H34O3S/c1-2-15-22-16-12-10-8-6-4-3-5-7-9-11-13-17-23-18-14-19(20)21/h4,6,10,12H,2-3,5,7-9,11,13-18H2,1H3,(H,20,21). The van der Waals surface area contributed by atoms with E-state index >= 15 is 0 Å². The maximum atomic E-state index is 10.3. The number of ether oxygens (including phenoxy) is 1. The van der Waals surface area contributed by atoms with Crippen molar-refractivity contribution in [3.8, 4) is 0 Å². The van der Waals surface area contributed by atoms with E-state index in [4.69, 9.17) is 9.84 Å². The third-order valence-electron chi connectivity index (χ3n) is 3.29. The predicted octanol–water partition coefficient (Wildman–Crippen LogP) is 5.46. The lowest BCUT2D eigenvalue weighted by Gasteiger charge is -2.00. The highest BCUT2D eigenvalue weighted by Gasteiger charge is 1.96. The van der Waals surface area contributed by atoms with E-state index in [9.17, 15) is 4.79 Å². The number of aliphatic carboxylic acids is 1. The molecule has 0 radical (unpaired) electrons. The molecule has 0 spiro atoms. The van der Waals surface area contributed by atoms with Crippen LogP contribution in [0.4, 0.5) is 0 Å². The van der Waals surface area contributed by atoms with E-state index in [1.165, 1.54) is 38.5 Å². The first-order valence-corrected chi connectivity index (χ1v) is 10.1. The predicted molar refractivity (Wildman–Crippen MR) is 101 cm³/mol. The third-order valence-corrected chi connectivity index (χ3v) is 4.36. The van der Waals surface area contributed by atoms with Gasteiger partial charge < -0.3 is 9.84 Å². The summed E-state index contributed by atoms with van der Waals surface area (Å²) in [5.74, 6) is 1.16. The highest BCUT2D eigenvalue weighted by Crippen LogP contribution is 2.10. The van der Waals surface area contributed by atoms with Crippen LogP contribution in [0.3, 0.4) is 0 Å². The van der Waals surface area contributed by atoms with Gasteiger partial charge in [0.15, 0.2) is 0 Å². The van der Waals surface area contributed by atoms with Crippen LogP contribution in [0.1, 0.15) is 64.7 Å². The number of unbranched alkanes of at least 4 members (excludes halogenated alkanes) is 5. The number of thioether (sulfide) groups is 1. The van der Waals surface area contributed by atoms with E-state index in [0.717, 1.165) is 37.6 Å². The van der Waals surface area contributed by atoms with Crippen molar-refractivity contribution < 1.29 is 14.6 Å². The first-order valence-electron chi connectivity index (χ1n) is 8.94. The lowest BCUT2D eigenvalue weighted by molar-refractivity contribution is -0.136. The van der Waals surface area contributed by atoms with Crippen LogP contribution in [-0.4, -0.2) is 35.8 Å². The number of carboxylic acids is 1. The van der Waals surface area contributed by atoms with Crippen LogP contribution >= 0.6 is 11.8 Å². The Labute approximate surface area is 146 Å². The molecule has 1 N–H and O–H groups in total. The zero-order valence-corrected chi connectivity index (χ0v) is 15.5. The average Bonchev–Trinajstić information content (AvgIpc) is 2.53. The van der Waals surface area contributed by atoms with Crippen molar-refractivity contribution in [3.05, 3.63) is 24.3 Å². The maximum absolute atomic E-state index is 10.3. The maximum Gasteiger partial charge on any atom is 0.304 e. The lowest BCUT2D eigenvalue weighted by Crippen LogP contribution is -1.96.